The van der Waals surface area contributed by atoms with Crippen molar-refractivity contribution in [3.8, 4) is 5.75 Å². The predicted molar refractivity (Wildman–Crippen MR) is 99.8 cm³/mol. The Morgan fingerprint density at radius 2 is 2.00 bits per heavy atom. The summed E-state index contributed by atoms with van der Waals surface area (Å²) in [7, 11) is -3.40. The summed E-state index contributed by atoms with van der Waals surface area (Å²) in [6.45, 7) is 6.01. The standard InChI is InChI=1S/C19H29FN2O3S/c1-14-12-22(10-9-21-14)16-5-3-15(4-6-16)13-25-19-8-7-17(11-18(19)20)26(2,23)24/h7-8,11,14-16,21H,3-6,9-10,12-13H2,1-2H3/t14-,15?,16?/m0/s1. The second-order valence-electron chi connectivity index (χ2n) is 7.70. The normalized spacial score (nSPS) is 28.0. The average molecular weight is 385 g/mol. The van der Waals surface area contributed by atoms with E-state index in [4.69, 9.17) is 4.74 Å². The molecule has 1 aromatic carbocycles. The monoisotopic (exact) mass is 384 g/mol. The molecule has 1 saturated carbocycles. The van der Waals surface area contributed by atoms with Crippen molar-refractivity contribution >= 4 is 9.84 Å². The van der Waals surface area contributed by atoms with Crippen molar-refractivity contribution in [2.24, 2.45) is 5.92 Å². The average Bonchev–Trinajstić information content (AvgIpc) is 2.60. The SMILES string of the molecule is C[C@H]1CN(C2CCC(COc3ccc(S(C)(=O)=O)cc3F)CC2)CCN1. The van der Waals surface area contributed by atoms with Gasteiger partial charge < -0.3 is 10.1 Å². The molecular formula is C19H29FN2O3S. The Hall–Kier alpha value is -1.18. The van der Waals surface area contributed by atoms with Crippen LogP contribution in [0.1, 0.15) is 32.6 Å². The number of halogens is 1. The Balaban J connectivity index is 1.48. The van der Waals surface area contributed by atoms with Crippen LogP contribution in [-0.4, -0.2) is 57.9 Å². The minimum atomic E-state index is -3.40. The van der Waals surface area contributed by atoms with Gasteiger partial charge in [0.25, 0.3) is 0 Å². The first-order valence-corrected chi connectivity index (χ1v) is 11.3. The summed E-state index contributed by atoms with van der Waals surface area (Å²) in [4.78, 5) is 2.58. The Morgan fingerprint density at radius 3 is 2.62 bits per heavy atom. The maximum atomic E-state index is 14.1. The number of piperazine rings is 1. The molecule has 26 heavy (non-hydrogen) atoms. The van der Waals surface area contributed by atoms with Crippen LogP contribution in [0.4, 0.5) is 4.39 Å². The van der Waals surface area contributed by atoms with E-state index in [2.05, 4.69) is 17.1 Å². The van der Waals surface area contributed by atoms with Crippen LogP contribution in [0, 0.1) is 11.7 Å². The number of hydrogen-bond acceptors (Lipinski definition) is 5. The molecule has 0 bridgehead atoms. The molecule has 2 aliphatic rings. The van der Waals surface area contributed by atoms with Crippen molar-refractivity contribution in [1.29, 1.82) is 0 Å². The summed E-state index contributed by atoms with van der Waals surface area (Å²) >= 11 is 0. The van der Waals surface area contributed by atoms with Gasteiger partial charge in [-0.25, -0.2) is 12.8 Å². The van der Waals surface area contributed by atoms with Gasteiger partial charge in [-0.05, 0) is 56.7 Å². The first-order chi connectivity index (χ1) is 12.3. The molecule has 1 aliphatic heterocycles. The fourth-order valence-electron chi connectivity index (χ4n) is 4.01. The van der Waals surface area contributed by atoms with E-state index in [0.29, 0.717) is 24.6 Å². The smallest absolute Gasteiger partial charge is 0.175 e. The lowest BCUT2D eigenvalue weighted by atomic mass is 9.85. The summed E-state index contributed by atoms with van der Waals surface area (Å²) in [6.07, 6.45) is 5.57. The minimum Gasteiger partial charge on any atom is -0.490 e. The van der Waals surface area contributed by atoms with Gasteiger partial charge in [-0.15, -0.1) is 0 Å². The molecular weight excluding hydrogens is 355 g/mol. The van der Waals surface area contributed by atoms with E-state index in [0.717, 1.165) is 57.6 Å². The second kappa shape index (κ2) is 8.23. The molecule has 0 unspecified atom stereocenters. The zero-order valence-corrected chi connectivity index (χ0v) is 16.4. The number of hydrogen-bond donors (Lipinski definition) is 1. The van der Waals surface area contributed by atoms with Gasteiger partial charge >= 0.3 is 0 Å². The molecule has 1 N–H and O–H groups in total. The van der Waals surface area contributed by atoms with Crippen LogP contribution < -0.4 is 10.1 Å². The number of rotatable bonds is 5. The van der Waals surface area contributed by atoms with E-state index in [1.54, 1.807) is 0 Å². The second-order valence-corrected chi connectivity index (χ2v) is 9.72. The molecule has 5 nitrogen and oxygen atoms in total. The largest absolute Gasteiger partial charge is 0.490 e. The fourth-order valence-corrected chi connectivity index (χ4v) is 4.64. The van der Waals surface area contributed by atoms with Crippen molar-refractivity contribution < 1.29 is 17.5 Å². The quantitative estimate of drug-likeness (QED) is 0.845. The third-order valence-electron chi connectivity index (χ3n) is 5.54. The summed E-state index contributed by atoms with van der Waals surface area (Å²) in [5, 5.41) is 3.48. The molecule has 0 spiro atoms. The van der Waals surface area contributed by atoms with Crippen molar-refractivity contribution in [2.45, 2.75) is 49.6 Å². The molecule has 1 saturated heterocycles. The Bertz CT molecular complexity index is 717. The molecule has 3 rings (SSSR count). The van der Waals surface area contributed by atoms with Gasteiger partial charge in [0.05, 0.1) is 11.5 Å². The molecule has 7 heteroatoms. The third-order valence-corrected chi connectivity index (χ3v) is 6.65. The van der Waals surface area contributed by atoms with Gasteiger partial charge in [-0.1, -0.05) is 0 Å². The van der Waals surface area contributed by atoms with E-state index in [1.165, 1.54) is 12.1 Å². The highest BCUT2D eigenvalue weighted by Crippen LogP contribution is 2.29. The van der Waals surface area contributed by atoms with Gasteiger partial charge in [-0.3, -0.25) is 4.90 Å². The maximum absolute atomic E-state index is 14.1. The number of ether oxygens (including phenoxy) is 1. The fraction of sp³-hybridized carbons (Fsp3) is 0.684. The molecule has 1 aromatic rings. The zero-order valence-electron chi connectivity index (χ0n) is 15.6. The van der Waals surface area contributed by atoms with Crippen molar-refractivity contribution in [1.82, 2.24) is 10.2 Å². The van der Waals surface area contributed by atoms with E-state index in [1.807, 2.05) is 0 Å². The molecule has 146 valence electrons. The van der Waals surface area contributed by atoms with Crippen molar-refractivity contribution in [2.75, 3.05) is 32.5 Å². The summed E-state index contributed by atoms with van der Waals surface area (Å²) < 4.78 is 42.7. The number of benzene rings is 1. The van der Waals surface area contributed by atoms with E-state index in [-0.39, 0.29) is 10.6 Å². The third kappa shape index (κ3) is 4.96. The van der Waals surface area contributed by atoms with Crippen LogP contribution in [0.3, 0.4) is 0 Å². The highest BCUT2D eigenvalue weighted by atomic mass is 32.2. The number of nitrogens with zero attached hydrogens (tertiary/aromatic N) is 1. The van der Waals surface area contributed by atoms with Gasteiger partial charge in [0, 0.05) is 38.0 Å². The van der Waals surface area contributed by atoms with Gasteiger partial charge in [0.15, 0.2) is 21.4 Å². The molecule has 0 amide bonds. The Morgan fingerprint density at radius 1 is 1.27 bits per heavy atom. The van der Waals surface area contributed by atoms with Crippen LogP contribution >= 0.6 is 0 Å². The highest BCUT2D eigenvalue weighted by Gasteiger charge is 2.28. The Labute approximate surface area is 155 Å². The molecule has 0 aromatic heterocycles. The minimum absolute atomic E-state index is 0.0203. The van der Waals surface area contributed by atoms with Crippen LogP contribution in [0.2, 0.25) is 0 Å². The summed E-state index contributed by atoms with van der Waals surface area (Å²) in [5.74, 6) is -0.0487. The summed E-state index contributed by atoms with van der Waals surface area (Å²) in [5.41, 5.74) is 0. The van der Waals surface area contributed by atoms with Crippen LogP contribution in [0.5, 0.6) is 5.75 Å². The number of nitrogens with one attached hydrogen (secondary N) is 1. The molecule has 2 fully saturated rings. The van der Waals surface area contributed by atoms with Crippen LogP contribution in [-0.2, 0) is 9.84 Å². The molecule has 1 atom stereocenters. The predicted octanol–water partition coefficient (Wildman–Crippen LogP) is 2.46. The first kappa shape index (κ1) is 19.6. The highest BCUT2D eigenvalue weighted by molar-refractivity contribution is 7.90. The van der Waals surface area contributed by atoms with Gasteiger partial charge in [0.2, 0.25) is 0 Å². The maximum Gasteiger partial charge on any atom is 0.175 e. The van der Waals surface area contributed by atoms with Crippen LogP contribution in [0.15, 0.2) is 23.1 Å². The van der Waals surface area contributed by atoms with E-state index < -0.39 is 15.7 Å². The van der Waals surface area contributed by atoms with Crippen molar-refractivity contribution in [3.63, 3.8) is 0 Å². The lowest BCUT2D eigenvalue weighted by molar-refractivity contribution is 0.0923. The Kier molecular flexibility index (Phi) is 6.20. The topological polar surface area (TPSA) is 58.6 Å². The zero-order chi connectivity index (χ0) is 18.7. The van der Waals surface area contributed by atoms with E-state index in [9.17, 15) is 12.8 Å². The van der Waals surface area contributed by atoms with E-state index >= 15 is 0 Å². The number of sulfone groups is 1. The lowest BCUT2D eigenvalue weighted by Crippen LogP contribution is -2.53. The van der Waals surface area contributed by atoms with Crippen LogP contribution in [0.25, 0.3) is 0 Å². The first-order valence-electron chi connectivity index (χ1n) is 9.43. The van der Waals surface area contributed by atoms with Gasteiger partial charge in [-0.2, -0.15) is 0 Å². The van der Waals surface area contributed by atoms with Crippen molar-refractivity contribution in [3.05, 3.63) is 24.0 Å². The molecule has 0 radical (unpaired) electrons. The lowest BCUT2D eigenvalue weighted by Gasteiger charge is -2.41. The molecule has 1 aliphatic carbocycles. The summed E-state index contributed by atoms with van der Waals surface area (Å²) in [6, 6.07) is 5.06. The molecule has 1 heterocycles. The van der Waals surface area contributed by atoms with Gasteiger partial charge in [0.1, 0.15) is 0 Å².